The Morgan fingerprint density at radius 2 is 2.40 bits per heavy atom. The lowest BCUT2D eigenvalue weighted by atomic mass is 10.3. The molecule has 0 saturated heterocycles. The predicted octanol–water partition coefficient (Wildman–Crippen LogP) is 2.72. The van der Waals surface area contributed by atoms with Crippen LogP contribution in [-0.4, -0.2) is 15.6 Å². The summed E-state index contributed by atoms with van der Waals surface area (Å²) in [5.74, 6) is 0. The number of nitrogens with zero attached hydrogens (tertiary/aromatic N) is 2. The average molecular weight is 219 g/mol. The van der Waals surface area contributed by atoms with Crippen LogP contribution >= 0.6 is 11.3 Å². The molecular formula is C11H13N3S. The maximum atomic E-state index is 4.58. The fourth-order valence-corrected chi connectivity index (χ4v) is 2.37. The van der Waals surface area contributed by atoms with E-state index >= 15 is 0 Å². The molecule has 4 heteroatoms. The summed E-state index contributed by atoms with van der Waals surface area (Å²) in [4.78, 5) is 4.58. The number of hydrogen-bond acceptors (Lipinski definition) is 3. The zero-order valence-electron chi connectivity index (χ0n) is 8.60. The molecule has 1 fully saturated rings. The van der Waals surface area contributed by atoms with Crippen molar-refractivity contribution in [3.8, 4) is 11.4 Å². The van der Waals surface area contributed by atoms with Gasteiger partial charge < -0.3 is 9.88 Å². The van der Waals surface area contributed by atoms with Crippen LogP contribution in [0, 0.1) is 0 Å². The van der Waals surface area contributed by atoms with Crippen molar-refractivity contribution in [3.05, 3.63) is 23.7 Å². The molecule has 0 aromatic carbocycles. The molecule has 1 aliphatic carbocycles. The van der Waals surface area contributed by atoms with Gasteiger partial charge in [0, 0.05) is 24.7 Å². The Hall–Kier alpha value is -1.29. The maximum Gasteiger partial charge on any atom is 0.183 e. The summed E-state index contributed by atoms with van der Waals surface area (Å²) in [6, 6.07) is 4.82. The molecule has 1 aliphatic rings. The first-order valence-corrected chi connectivity index (χ1v) is 6.04. The highest BCUT2D eigenvalue weighted by atomic mass is 32.1. The van der Waals surface area contributed by atoms with E-state index in [1.165, 1.54) is 18.5 Å². The first kappa shape index (κ1) is 8.97. The molecule has 1 N–H and O–H groups in total. The third kappa shape index (κ3) is 1.77. The smallest absolute Gasteiger partial charge is 0.183 e. The zero-order valence-corrected chi connectivity index (χ0v) is 9.42. The van der Waals surface area contributed by atoms with Crippen molar-refractivity contribution >= 4 is 16.5 Å². The van der Waals surface area contributed by atoms with Crippen LogP contribution in [0.1, 0.15) is 12.8 Å². The van der Waals surface area contributed by atoms with Crippen molar-refractivity contribution in [1.29, 1.82) is 0 Å². The minimum atomic E-state index is 0.678. The number of aromatic nitrogens is 2. The summed E-state index contributed by atoms with van der Waals surface area (Å²) >= 11 is 1.69. The van der Waals surface area contributed by atoms with Crippen LogP contribution in [0.25, 0.3) is 11.4 Å². The topological polar surface area (TPSA) is 29.9 Å². The lowest BCUT2D eigenvalue weighted by molar-refractivity contribution is 0.932. The normalized spacial score (nSPS) is 15.5. The van der Waals surface area contributed by atoms with Crippen LogP contribution in [0.3, 0.4) is 0 Å². The quantitative estimate of drug-likeness (QED) is 0.860. The van der Waals surface area contributed by atoms with Crippen LogP contribution in [0.4, 0.5) is 5.13 Å². The maximum absolute atomic E-state index is 4.58. The second kappa shape index (κ2) is 3.38. The monoisotopic (exact) mass is 219 g/mol. The van der Waals surface area contributed by atoms with E-state index in [1.807, 2.05) is 19.3 Å². The highest BCUT2D eigenvalue weighted by Crippen LogP contribution is 2.29. The second-order valence-electron chi connectivity index (χ2n) is 3.96. The number of hydrogen-bond donors (Lipinski definition) is 1. The fraction of sp³-hybridized carbons (Fsp3) is 0.364. The Labute approximate surface area is 92.8 Å². The molecule has 3 rings (SSSR count). The van der Waals surface area contributed by atoms with E-state index in [0.29, 0.717) is 6.04 Å². The Morgan fingerprint density at radius 3 is 3.07 bits per heavy atom. The molecule has 15 heavy (non-hydrogen) atoms. The molecule has 0 unspecified atom stereocenters. The number of nitrogens with one attached hydrogen (secondary N) is 1. The van der Waals surface area contributed by atoms with E-state index in [9.17, 15) is 0 Å². The van der Waals surface area contributed by atoms with Crippen LogP contribution in [0.2, 0.25) is 0 Å². The molecule has 2 heterocycles. The summed E-state index contributed by atoms with van der Waals surface area (Å²) in [6.45, 7) is 0. The Kier molecular flexibility index (Phi) is 2.02. The summed E-state index contributed by atoms with van der Waals surface area (Å²) in [6.07, 6.45) is 4.63. The summed E-state index contributed by atoms with van der Waals surface area (Å²) in [5, 5.41) is 6.58. The van der Waals surface area contributed by atoms with E-state index in [0.717, 1.165) is 10.8 Å². The Bertz CT molecular complexity index is 468. The minimum Gasteiger partial charge on any atom is -0.359 e. The summed E-state index contributed by atoms with van der Waals surface area (Å²) in [7, 11) is 2.04. The molecule has 0 atom stereocenters. The standard InChI is InChI=1S/C11H13N3S/c1-14-6-2-3-10(14)9-7-15-11(13-9)12-8-4-5-8/h2-3,6-8H,4-5H2,1H3,(H,12,13). The average Bonchev–Trinajstić information content (AvgIpc) is 2.74. The fourth-order valence-electron chi connectivity index (χ4n) is 1.59. The van der Waals surface area contributed by atoms with Crippen molar-refractivity contribution in [1.82, 2.24) is 9.55 Å². The minimum absolute atomic E-state index is 0.678. The molecule has 0 radical (unpaired) electrons. The number of thiazole rings is 1. The highest BCUT2D eigenvalue weighted by Gasteiger charge is 2.22. The van der Waals surface area contributed by atoms with Crippen molar-refractivity contribution in [2.75, 3.05) is 5.32 Å². The summed E-state index contributed by atoms with van der Waals surface area (Å²) < 4.78 is 2.09. The molecule has 0 bridgehead atoms. The molecule has 1 saturated carbocycles. The van der Waals surface area contributed by atoms with E-state index in [2.05, 4.69) is 26.3 Å². The Balaban J connectivity index is 1.86. The van der Waals surface area contributed by atoms with Gasteiger partial charge in [-0.25, -0.2) is 4.98 Å². The number of rotatable bonds is 3. The number of aryl methyl sites for hydroxylation is 1. The van der Waals surface area contributed by atoms with E-state index in [4.69, 9.17) is 0 Å². The van der Waals surface area contributed by atoms with Gasteiger partial charge in [0.1, 0.15) is 0 Å². The zero-order chi connectivity index (χ0) is 10.3. The van der Waals surface area contributed by atoms with Crippen molar-refractivity contribution in [3.63, 3.8) is 0 Å². The van der Waals surface area contributed by atoms with E-state index in [1.54, 1.807) is 11.3 Å². The first-order valence-electron chi connectivity index (χ1n) is 5.17. The van der Waals surface area contributed by atoms with Crippen molar-refractivity contribution < 1.29 is 0 Å². The van der Waals surface area contributed by atoms with Gasteiger partial charge in [0.15, 0.2) is 5.13 Å². The SMILES string of the molecule is Cn1cccc1-c1csc(NC2CC2)n1. The molecule has 0 spiro atoms. The molecule has 0 aliphatic heterocycles. The van der Waals surface area contributed by atoms with Crippen LogP contribution in [0.5, 0.6) is 0 Å². The molecule has 2 aromatic rings. The van der Waals surface area contributed by atoms with Gasteiger partial charge >= 0.3 is 0 Å². The number of anilines is 1. The van der Waals surface area contributed by atoms with Gasteiger partial charge in [0.25, 0.3) is 0 Å². The summed E-state index contributed by atoms with van der Waals surface area (Å²) in [5.41, 5.74) is 2.24. The second-order valence-corrected chi connectivity index (χ2v) is 4.82. The van der Waals surface area contributed by atoms with Crippen molar-refractivity contribution in [2.24, 2.45) is 7.05 Å². The van der Waals surface area contributed by atoms with Gasteiger partial charge in [-0.1, -0.05) is 0 Å². The molecule has 2 aromatic heterocycles. The van der Waals surface area contributed by atoms with Gasteiger partial charge in [0.05, 0.1) is 11.4 Å². The van der Waals surface area contributed by atoms with E-state index in [-0.39, 0.29) is 0 Å². The predicted molar refractivity (Wildman–Crippen MR) is 63.2 cm³/mol. The van der Waals surface area contributed by atoms with Crippen LogP contribution in [0.15, 0.2) is 23.7 Å². The Morgan fingerprint density at radius 1 is 1.53 bits per heavy atom. The van der Waals surface area contributed by atoms with Crippen LogP contribution < -0.4 is 5.32 Å². The van der Waals surface area contributed by atoms with Crippen LogP contribution in [-0.2, 0) is 7.05 Å². The van der Waals surface area contributed by atoms with E-state index < -0.39 is 0 Å². The lowest BCUT2D eigenvalue weighted by Gasteiger charge is -1.99. The van der Waals surface area contributed by atoms with Gasteiger partial charge in [0.2, 0.25) is 0 Å². The highest BCUT2D eigenvalue weighted by molar-refractivity contribution is 7.14. The third-order valence-corrected chi connectivity index (χ3v) is 3.39. The van der Waals surface area contributed by atoms with Gasteiger partial charge in [-0.15, -0.1) is 11.3 Å². The van der Waals surface area contributed by atoms with Gasteiger partial charge in [-0.2, -0.15) is 0 Å². The molecule has 0 amide bonds. The molecule has 78 valence electrons. The largest absolute Gasteiger partial charge is 0.359 e. The third-order valence-electron chi connectivity index (χ3n) is 2.62. The van der Waals surface area contributed by atoms with Gasteiger partial charge in [-0.05, 0) is 25.0 Å². The lowest BCUT2D eigenvalue weighted by Crippen LogP contribution is -1.99. The van der Waals surface area contributed by atoms with Crippen molar-refractivity contribution in [2.45, 2.75) is 18.9 Å². The van der Waals surface area contributed by atoms with Gasteiger partial charge in [-0.3, -0.25) is 0 Å². The molecule has 3 nitrogen and oxygen atoms in total. The first-order chi connectivity index (χ1) is 7.33. The molecular weight excluding hydrogens is 206 g/mol.